The maximum absolute atomic E-state index is 2.48. The first-order chi connectivity index (χ1) is 25.5. The Labute approximate surface area is 308 Å². The predicted molar refractivity (Wildman–Crippen MR) is 222 cm³/mol. The maximum Gasteiger partial charge on any atom is 0.0159 e. The number of fused-ring (bicyclic) bond motifs is 4. The van der Waals surface area contributed by atoms with E-state index in [-0.39, 0.29) is 5.41 Å². The first kappa shape index (κ1) is 32.0. The molecule has 8 aromatic rings. The standard InChI is InChI=1S/C52H42/c1-52(2)50-34-37(11-8-10-36-18-21-44(22-19-36)47-17-9-15-43-14-6-7-16-46(43)47)20-32-48(50)49-33-31-45(35-51(49)52)42-29-27-41(28-30-42)40-25-23-39(24-26-40)38-12-4-3-5-13-38/h3-7,9,12-35H,8,10-11H2,1-2H3. The van der Waals surface area contributed by atoms with Crippen molar-refractivity contribution in [2.45, 2.75) is 38.5 Å². The Bertz CT molecular complexity index is 2510. The zero-order chi connectivity index (χ0) is 35.1. The van der Waals surface area contributed by atoms with Crippen molar-refractivity contribution in [1.82, 2.24) is 0 Å². The molecular formula is C52H42. The zero-order valence-electron chi connectivity index (χ0n) is 29.9. The minimum absolute atomic E-state index is 0.0471. The summed E-state index contributed by atoms with van der Waals surface area (Å²) in [5, 5.41) is 2.60. The SMILES string of the molecule is CC1(C)c2cc(CCCc3ccc(-c4cccc5ccccc45)cc3)ccc2-c2ccc(-c3ccc(-c4ccc(-c5ccccc5)cc4)cc3)cc21. The van der Waals surface area contributed by atoms with Gasteiger partial charge in [0.25, 0.3) is 0 Å². The van der Waals surface area contributed by atoms with Crippen molar-refractivity contribution in [3.05, 3.63) is 204 Å². The molecule has 0 N–H and O–H groups in total. The van der Waals surface area contributed by atoms with Gasteiger partial charge in [-0.3, -0.25) is 0 Å². The van der Waals surface area contributed by atoms with Crippen molar-refractivity contribution in [3.63, 3.8) is 0 Å². The molecule has 0 amide bonds. The summed E-state index contributed by atoms with van der Waals surface area (Å²) in [6.07, 6.45) is 3.30. The molecule has 8 aromatic carbocycles. The second-order valence-corrected chi connectivity index (χ2v) is 14.9. The molecule has 0 saturated heterocycles. The first-order valence-corrected chi connectivity index (χ1v) is 18.6. The smallest absolute Gasteiger partial charge is 0.0159 e. The van der Waals surface area contributed by atoms with Crippen molar-refractivity contribution >= 4 is 10.8 Å². The molecule has 0 fully saturated rings. The molecule has 0 nitrogen and oxygen atoms in total. The minimum atomic E-state index is -0.0471. The lowest BCUT2D eigenvalue weighted by molar-refractivity contribution is 0.658. The topological polar surface area (TPSA) is 0 Å². The van der Waals surface area contributed by atoms with Crippen LogP contribution in [0.25, 0.3) is 66.4 Å². The van der Waals surface area contributed by atoms with E-state index >= 15 is 0 Å². The average molecular weight is 667 g/mol. The fourth-order valence-electron chi connectivity index (χ4n) is 8.29. The summed E-state index contributed by atoms with van der Waals surface area (Å²) in [6.45, 7) is 4.79. The fraction of sp³-hybridized carbons (Fsp3) is 0.115. The van der Waals surface area contributed by atoms with Crippen molar-refractivity contribution in [1.29, 1.82) is 0 Å². The van der Waals surface area contributed by atoms with E-state index in [1.807, 2.05) is 0 Å². The zero-order valence-corrected chi connectivity index (χ0v) is 29.9. The maximum atomic E-state index is 2.48. The molecule has 0 spiro atoms. The molecule has 52 heavy (non-hydrogen) atoms. The number of rotatable bonds is 8. The molecule has 9 rings (SSSR count). The van der Waals surface area contributed by atoms with E-state index in [0.29, 0.717) is 0 Å². The van der Waals surface area contributed by atoms with Crippen LogP contribution >= 0.6 is 0 Å². The van der Waals surface area contributed by atoms with Crippen LogP contribution in [-0.4, -0.2) is 0 Å². The van der Waals surface area contributed by atoms with Gasteiger partial charge in [-0.1, -0.05) is 190 Å². The van der Waals surface area contributed by atoms with Gasteiger partial charge >= 0.3 is 0 Å². The highest BCUT2D eigenvalue weighted by Gasteiger charge is 2.35. The third-order valence-electron chi connectivity index (χ3n) is 11.3. The molecule has 250 valence electrons. The number of hydrogen-bond donors (Lipinski definition) is 0. The average Bonchev–Trinajstić information content (AvgIpc) is 3.43. The van der Waals surface area contributed by atoms with Gasteiger partial charge in [0.1, 0.15) is 0 Å². The van der Waals surface area contributed by atoms with Crippen molar-refractivity contribution in [2.24, 2.45) is 0 Å². The molecular weight excluding hydrogens is 625 g/mol. The molecule has 1 aliphatic rings. The molecule has 0 radical (unpaired) electrons. The third-order valence-corrected chi connectivity index (χ3v) is 11.3. The van der Waals surface area contributed by atoms with Crippen LogP contribution in [0.3, 0.4) is 0 Å². The second kappa shape index (κ2) is 13.3. The summed E-state index contributed by atoms with van der Waals surface area (Å²) in [5.74, 6) is 0. The van der Waals surface area contributed by atoms with Gasteiger partial charge in [-0.05, 0) is 114 Å². The summed E-state index contributed by atoms with van der Waals surface area (Å²) >= 11 is 0. The normalized spacial score (nSPS) is 12.8. The first-order valence-electron chi connectivity index (χ1n) is 18.6. The van der Waals surface area contributed by atoms with Crippen LogP contribution < -0.4 is 0 Å². The summed E-state index contributed by atoms with van der Waals surface area (Å²) < 4.78 is 0. The number of aryl methyl sites for hydroxylation is 2. The molecule has 0 saturated carbocycles. The van der Waals surface area contributed by atoms with Gasteiger partial charge < -0.3 is 0 Å². The van der Waals surface area contributed by atoms with E-state index in [2.05, 4.69) is 196 Å². The molecule has 1 aliphatic carbocycles. The lowest BCUT2D eigenvalue weighted by Gasteiger charge is -2.22. The van der Waals surface area contributed by atoms with Gasteiger partial charge in [0.15, 0.2) is 0 Å². The number of hydrogen-bond acceptors (Lipinski definition) is 0. The molecule has 0 heterocycles. The van der Waals surface area contributed by atoms with Gasteiger partial charge in [0.2, 0.25) is 0 Å². The van der Waals surface area contributed by atoms with Crippen molar-refractivity contribution < 1.29 is 0 Å². The molecule has 0 unspecified atom stereocenters. The van der Waals surface area contributed by atoms with Gasteiger partial charge in [-0.15, -0.1) is 0 Å². The molecule has 0 atom stereocenters. The lowest BCUT2D eigenvalue weighted by Crippen LogP contribution is -2.15. The monoisotopic (exact) mass is 666 g/mol. The van der Waals surface area contributed by atoms with Crippen LogP contribution in [0.2, 0.25) is 0 Å². The van der Waals surface area contributed by atoms with E-state index < -0.39 is 0 Å². The summed E-state index contributed by atoms with van der Waals surface area (Å²) in [6, 6.07) is 67.2. The summed E-state index contributed by atoms with van der Waals surface area (Å²) in [7, 11) is 0. The summed E-state index contributed by atoms with van der Waals surface area (Å²) in [5.41, 5.74) is 18.5. The van der Waals surface area contributed by atoms with E-state index in [4.69, 9.17) is 0 Å². The van der Waals surface area contributed by atoms with Gasteiger partial charge in [-0.2, -0.15) is 0 Å². The fourth-order valence-corrected chi connectivity index (χ4v) is 8.29. The van der Waals surface area contributed by atoms with Crippen molar-refractivity contribution in [3.8, 4) is 55.6 Å². The number of benzene rings is 8. The van der Waals surface area contributed by atoms with Gasteiger partial charge in [-0.25, -0.2) is 0 Å². The van der Waals surface area contributed by atoms with Crippen LogP contribution in [-0.2, 0) is 18.3 Å². The third kappa shape index (κ3) is 5.95. The highest BCUT2D eigenvalue weighted by atomic mass is 14.4. The van der Waals surface area contributed by atoms with Crippen LogP contribution in [0.1, 0.15) is 42.5 Å². The van der Waals surface area contributed by atoms with Crippen molar-refractivity contribution in [2.75, 3.05) is 0 Å². The van der Waals surface area contributed by atoms with E-state index in [1.54, 1.807) is 0 Å². The molecule has 0 bridgehead atoms. The van der Waals surface area contributed by atoms with Gasteiger partial charge in [0.05, 0.1) is 0 Å². The van der Waals surface area contributed by atoms with Gasteiger partial charge in [0, 0.05) is 5.41 Å². The Kier molecular flexibility index (Phi) is 8.17. The van der Waals surface area contributed by atoms with Crippen LogP contribution in [0, 0.1) is 0 Å². The van der Waals surface area contributed by atoms with E-state index in [0.717, 1.165) is 19.3 Å². The Hall–Kier alpha value is -5.98. The largest absolute Gasteiger partial charge is 0.0622 e. The van der Waals surface area contributed by atoms with Crippen LogP contribution in [0.4, 0.5) is 0 Å². The Morgan fingerprint density at radius 3 is 1.52 bits per heavy atom. The second-order valence-electron chi connectivity index (χ2n) is 14.9. The van der Waals surface area contributed by atoms with Crippen LogP contribution in [0.5, 0.6) is 0 Å². The lowest BCUT2D eigenvalue weighted by atomic mass is 9.81. The highest BCUT2D eigenvalue weighted by molar-refractivity contribution is 5.96. The Balaban J connectivity index is 0.875. The minimum Gasteiger partial charge on any atom is -0.0622 e. The van der Waals surface area contributed by atoms with Crippen LogP contribution in [0.15, 0.2) is 182 Å². The molecule has 0 aromatic heterocycles. The molecule has 0 aliphatic heterocycles. The van der Waals surface area contributed by atoms with E-state index in [9.17, 15) is 0 Å². The Morgan fingerprint density at radius 2 is 0.827 bits per heavy atom. The van der Waals surface area contributed by atoms with E-state index in [1.165, 1.54) is 88.7 Å². The molecule has 0 heteroatoms. The highest BCUT2D eigenvalue weighted by Crippen LogP contribution is 2.50. The predicted octanol–water partition coefficient (Wildman–Crippen LogP) is 14.0. The summed E-state index contributed by atoms with van der Waals surface area (Å²) in [4.78, 5) is 0. The quantitative estimate of drug-likeness (QED) is 0.151. The Morgan fingerprint density at radius 1 is 0.346 bits per heavy atom.